The second kappa shape index (κ2) is 12.3. The molecule has 2 aromatic carbocycles. The van der Waals surface area contributed by atoms with Gasteiger partial charge in [-0.05, 0) is 62.1 Å². The lowest BCUT2D eigenvalue weighted by Gasteiger charge is -2.30. The second-order valence-corrected chi connectivity index (χ2v) is 8.24. The van der Waals surface area contributed by atoms with E-state index in [9.17, 15) is 9.59 Å². The van der Waals surface area contributed by atoms with Gasteiger partial charge in [0.15, 0.2) is 11.5 Å². The van der Waals surface area contributed by atoms with E-state index in [2.05, 4.69) is 17.6 Å². The molecule has 0 spiro atoms. The van der Waals surface area contributed by atoms with Gasteiger partial charge in [0.25, 0.3) is 0 Å². The maximum atomic E-state index is 12.9. The Morgan fingerprint density at radius 3 is 2.56 bits per heavy atom. The van der Waals surface area contributed by atoms with Gasteiger partial charge in [0, 0.05) is 10.7 Å². The van der Waals surface area contributed by atoms with E-state index < -0.39 is 12.0 Å². The molecule has 2 amide bonds. The van der Waals surface area contributed by atoms with Crippen LogP contribution >= 0.6 is 11.6 Å². The average Bonchev–Trinajstić information content (AvgIpc) is 2.82. The number of halogens is 1. The van der Waals surface area contributed by atoms with Gasteiger partial charge in [-0.2, -0.15) is 0 Å². The summed E-state index contributed by atoms with van der Waals surface area (Å²) in [6.45, 7) is 6.68. The number of carbonyl (C=O) groups is 2. The maximum Gasteiger partial charge on any atom is 0.338 e. The number of hydrogen-bond donors (Lipinski definition) is 2. The van der Waals surface area contributed by atoms with Crippen LogP contribution in [0, 0.1) is 0 Å². The quantitative estimate of drug-likeness (QED) is 0.399. The van der Waals surface area contributed by atoms with Gasteiger partial charge in [0.05, 0.1) is 24.8 Å². The van der Waals surface area contributed by atoms with Gasteiger partial charge in [0.2, 0.25) is 0 Å². The molecule has 2 N–H and O–H groups in total. The summed E-state index contributed by atoms with van der Waals surface area (Å²) in [5.74, 6) is 0.622. The predicted octanol–water partition coefficient (Wildman–Crippen LogP) is 5.68. The van der Waals surface area contributed by atoms with E-state index in [1.165, 1.54) is 0 Å². The number of ether oxygens (including phenoxy) is 3. The summed E-state index contributed by atoms with van der Waals surface area (Å²) in [4.78, 5) is 25.3. The number of nitrogens with one attached hydrogen (secondary N) is 2. The van der Waals surface area contributed by atoms with E-state index in [-0.39, 0.29) is 12.6 Å². The Kier molecular flexibility index (Phi) is 9.22. The summed E-state index contributed by atoms with van der Waals surface area (Å²) in [7, 11) is 0. The maximum absolute atomic E-state index is 12.9. The Balaban J connectivity index is 1.94. The van der Waals surface area contributed by atoms with Gasteiger partial charge in [0.1, 0.15) is 6.61 Å². The van der Waals surface area contributed by atoms with Crippen LogP contribution in [-0.2, 0) is 16.1 Å². The highest BCUT2D eigenvalue weighted by Crippen LogP contribution is 2.36. The number of unbranched alkanes of at least 4 members (excludes halogenated alkanes) is 1. The first-order valence-corrected chi connectivity index (χ1v) is 12.0. The summed E-state index contributed by atoms with van der Waals surface area (Å²) in [5.41, 5.74) is 2.63. The van der Waals surface area contributed by atoms with Crippen molar-refractivity contribution in [2.45, 2.75) is 52.7 Å². The third-order valence-electron chi connectivity index (χ3n) is 5.31. The van der Waals surface area contributed by atoms with E-state index in [1.807, 2.05) is 37.3 Å². The van der Waals surface area contributed by atoms with E-state index in [1.54, 1.807) is 19.1 Å². The average molecular weight is 487 g/mol. The second-order valence-electron chi connectivity index (χ2n) is 7.81. The Morgan fingerprint density at radius 2 is 1.85 bits per heavy atom. The number of urea groups is 1. The van der Waals surface area contributed by atoms with E-state index >= 15 is 0 Å². The minimum atomic E-state index is -0.666. The van der Waals surface area contributed by atoms with Gasteiger partial charge in [-0.25, -0.2) is 9.59 Å². The lowest BCUT2D eigenvalue weighted by atomic mass is 9.93. The molecule has 0 aliphatic carbocycles. The number of rotatable bonds is 11. The van der Waals surface area contributed by atoms with Crippen molar-refractivity contribution in [3.8, 4) is 11.5 Å². The highest BCUT2D eigenvalue weighted by atomic mass is 35.5. The summed E-state index contributed by atoms with van der Waals surface area (Å²) in [6, 6.07) is 11.8. The standard InChI is InChI=1S/C26H31ClN2O5/c1-4-7-11-20-23(25(30)33-6-3)24(29-26(31)28-20)18-12-13-21(22(15-18)32-5-2)34-16-17-9-8-10-19(27)14-17/h8-10,12-15,24H,4-7,11,16H2,1-3H3,(H2,28,29,31). The molecule has 0 saturated heterocycles. The van der Waals surface area contributed by atoms with E-state index in [0.717, 1.165) is 18.4 Å². The number of carbonyl (C=O) groups excluding carboxylic acids is 2. The van der Waals surface area contributed by atoms with Crippen LogP contribution in [0.4, 0.5) is 4.79 Å². The molecule has 0 radical (unpaired) electrons. The first-order chi connectivity index (χ1) is 16.5. The molecular formula is C26H31ClN2O5. The largest absolute Gasteiger partial charge is 0.490 e. The zero-order valence-corrected chi connectivity index (χ0v) is 20.5. The van der Waals surface area contributed by atoms with Crippen LogP contribution in [-0.4, -0.2) is 25.2 Å². The molecule has 7 nitrogen and oxygen atoms in total. The third-order valence-corrected chi connectivity index (χ3v) is 5.55. The van der Waals surface area contributed by atoms with Crippen LogP contribution in [0.1, 0.15) is 57.2 Å². The molecule has 1 atom stereocenters. The molecular weight excluding hydrogens is 456 g/mol. The molecule has 0 aromatic heterocycles. The Bertz CT molecular complexity index is 1050. The smallest absolute Gasteiger partial charge is 0.338 e. The molecule has 2 aromatic rings. The first-order valence-electron chi connectivity index (χ1n) is 11.6. The van der Waals surface area contributed by atoms with Gasteiger partial charge in [-0.15, -0.1) is 0 Å². The fourth-order valence-corrected chi connectivity index (χ4v) is 3.96. The minimum Gasteiger partial charge on any atom is -0.490 e. The molecule has 0 bridgehead atoms. The van der Waals surface area contributed by atoms with Crippen LogP contribution in [0.3, 0.4) is 0 Å². The number of allylic oxidation sites excluding steroid dienone is 1. The Labute approximate surface area is 205 Å². The number of hydrogen-bond acceptors (Lipinski definition) is 5. The molecule has 1 unspecified atom stereocenters. The first kappa shape index (κ1) is 25.4. The third kappa shape index (κ3) is 6.44. The molecule has 0 saturated carbocycles. The topological polar surface area (TPSA) is 85.9 Å². The van der Waals surface area contributed by atoms with Crippen molar-refractivity contribution in [3.63, 3.8) is 0 Å². The van der Waals surface area contributed by atoms with Crippen LogP contribution < -0.4 is 20.1 Å². The van der Waals surface area contributed by atoms with Crippen molar-refractivity contribution in [3.05, 3.63) is 69.9 Å². The number of benzene rings is 2. The van der Waals surface area contributed by atoms with Crippen molar-refractivity contribution in [2.24, 2.45) is 0 Å². The van der Waals surface area contributed by atoms with Crippen LogP contribution in [0.5, 0.6) is 11.5 Å². The highest BCUT2D eigenvalue weighted by molar-refractivity contribution is 6.30. The van der Waals surface area contributed by atoms with Crippen molar-refractivity contribution in [1.29, 1.82) is 0 Å². The molecule has 182 valence electrons. The van der Waals surface area contributed by atoms with Gasteiger partial charge in [-0.3, -0.25) is 0 Å². The van der Waals surface area contributed by atoms with Crippen molar-refractivity contribution >= 4 is 23.6 Å². The Morgan fingerprint density at radius 1 is 1.03 bits per heavy atom. The molecule has 34 heavy (non-hydrogen) atoms. The van der Waals surface area contributed by atoms with Gasteiger partial charge >= 0.3 is 12.0 Å². The number of amides is 2. The lowest BCUT2D eigenvalue weighted by Crippen LogP contribution is -2.46. The molecule has 8 heteroatoms. The van der Waals surface area contributed by atoms with Gasteiger partial charge < -0.3 is 24.8 Å². The predicted molar refractivity (Wildman–Crippen MR) is 131 cm³/mol. The van der Waals surface area contributed by atoms with E-state index in [4.69, 9.17) is 25.8 Å². The minimum absolute atomic E-state index is 0.241. The van der Waals surface area contributed by atoms with Gasteiger partial charge in [-0.1, -0.05) is 43.1 Å². The van der Waals surface area contributed by atoms with E-state index in [0.29, 0.717) is 53.0 Å². The summed E-state index contributed by atoms with van der Waals surface area (Å²) in [5, 5.41) is 6.30. The zero-order chi connectivity index (χ0) is 24.5. The van der Waals surface area contributed by atoms with Crippen LogP contribution in [0.15, 0.2) is 53.7 Å². The molecule has 1 aliphatic heterocycles. The molecule has 0 fully saturated rings. The SMILES string of the molecule is CCCCC1=C(C(=O)OCC)C(c2ccc(OCc3cccc(Cl)c3)c(OCC)c2)NC(=O)N1. The monoisotopic (exact) mass is 486 g/mol. The summed E-state index contributed by atoms with van der Waals surface area (Å²) >= 11 is 6.07. The summed E-state index contributed by atoms with van der Waals surface area (Å²) in [6.07, 6.45) is 2.35. The fourth-order valence-electron chi connectivity index (χ4n) is 3.75. The van der Waals surface area contributed by atoms with Crippen molar-refractivity contribution < 1.29 is 23.8 Å². The van der Waals surface area contributed by atoms with Crippen LogP contribution in [0.25, 0.3) is 0 Å². The van der Waals surface area contributed by atoms with Crippen molar-refractivity contribution in [2.75, 3.05) is 13.2 Å². The van der Waals surface area contributed by atoms with Crippen molar-refractivity contribution in [1.82, 2.24) is 10.6 Å². The number of esters is 1. The lowest BCUT2D eigenvalue weighted by molar-refractivity contribution is -0.139. The molecule has 1 aliphatic rings. The zero-order valence-electron chi connectivity index (χ0n) is 19.8. The van der Waals surface area contributed by atoms with Crippen LogP contribution in [0.2, 0.25) is 5.02 Å². The normalized spacial score (nSPS) is 15.4. The fraction of sp³-hybridized carbons (Fsp3) is 0.385. The summed E-state index contributed by atoms with van der Waals surface area (Å²) < 4.78 is 17.1. The molecule has 1 heterocycles. The highest BCUT2D eigenvalue weighted by Gasteiger charge is 2.34. The Hall–Kier alpha value is -3.19. The molecule has 3 rings (SSSR count).